The Balaban J connectivity index is 2.68. The third-order valence-electron chi connectivity index (χ3n) is 2.28. The topological polar surface area (TPSA) is 49.8 Å². The van der Waals surface area contributed by atoms with Gasteiger partial charge in [-0.05, 0) is 20.8 Å². The van der Waals surface area contributed by atoms with Crippen molar-refractivity contribution in [1.29, 1.82) is 0 Å². The lowest BCUT2D eigenvalue weighted by molar-refractivity contribution is -0.152. The van der Waals surface area contributed by atoms with Crippen LogP contribution in [0.3, 0.4) is 0 Å². The summed E-state index contributed by atoms with van der Waals surface area (Å²) in [6.07, 6.45) is -0.914. The first-order valence-electron chi connectivity index (χ1n) is 4.62. The Morgan fingerprint density at radius 3 is 2.31 bits per heavy atom. The maximum absolute atomic E-state index is 11.5. The van der Waals surface area contributed by atoms with Crippen LogP contribution in [0.4, 0.5) is 0 Å². The molecule has 0 aliphatic carbocycles. The molecule has 3 atom stereocenters. The number of morpholine rings is 1. The first-order chi connectivity index (χ1) is 6.04. The van der Waals surface area contributed by atoms with E-state index in [0.717, 1.165) is 0 Å². The van der Waals surface area contributed by atoms with Gasteiger partial charge >= 0.3 is 0 Å². The lowest BCUT2D eigenvalue weighted by atomic mass is 10.1. The molecule has 0 aromatic rings. The third-order valence-corrected chi connectivity index (χ3v) is 2.28. The quantitative estimate of drug-likeness (QED) is 0.628. The van der Waals surface area contributed by atoms with Gasteiger partial charge in [0, 0.05) is 0 Å². The first kappa shape index (κ1) is 10.5. The molecular weight excluding hydrogens is 170 g/mol. The van der Waals surface area contributed by atoms with Gasteiger partial charge in [0.25, 0.3) is 5.91 Å². The molecule has 0 saturated carbocycles. The minimum Gasteiger partial charge on any atom is -0.384 e. The van der Waals surface area contributed by atoms with Crippen molar-refractivity contribution in [2.24, 2.45) is 0 Å². The van der Waals surface area contributed by atoms with Crippen LogP contribution in [0.2, 0.25) is 0 Å². The lowest BCUT2D eigenvalue weighted by Gasteiger charge is -2.39. The minimum atomic E-state index is -0.914. The average Bonchev–Trinajstić information content (AvgIpc) is 2.03. The molecule has 13 heavy (non-hydrogen) atoms. The first-order valence-corrected chi connectivity index (χ1v) is 4.62. The van der Waals surface area contributed by atoms with Crippen molar-refractivity contribution in [1.82, 2.24) is 4.90 Å². The molecule has 0 radical (unpaired) electrons. The van der Waals surface area contributed by atoms with Gasteiger partial charge in [-0.15, -0.1) is 0 Å². The van der Waals surface area contributed by atoms with Gasteiger partial charge in [0.05, 0.1) is 25.3 Å². The van der Waals surface area contributed by atoms with E-state index < -0.39 is 6.10 Å². The van der Waals surface area contributed by atoms with Crippen LogP contribution in [0, 0.1) is 0 Å². The van der Waals surface area contributed by atoms with Crippen molar-refractivity contribution >= 4 is 5.91 Å². The zero-order chi connectivity index (χ0) is 10.0. The summed E-state index contributed by atoms with van der Waals surface area (Å²) in [6.45, 7) is 6.47. The second-order valence-corrected chi connectivity index (χ2v) is 3.66. The molecule has 1 saturated heterocycles. The van der Waals surface area contributed by atoms with Crippen LogP contribution >= 0.6 is 0 Å². The van der Waals surface area contributed by atoms with E-state index in [2.05, 4.69) is 0 Å². The second-order valence-electron chi connectivity index (χ2n) is 3.66. The largest absolute Gasteiger partial charge is 0.384 e. The van der Waals surface area contributed by atoms with E-state index in [-0.39, 0.29) is 18.0 Å². The fourth-order valence-electron chi connectivity index (χ4n) is 1.65. The number of hydrogen-bond acceptors (Lipinski definition) is 3. The molecule has 1 aliphatic heterocycles. The normalized spacial score (nSPS) is 31.5. The lowest BCUT2D eigenvalue weighted by Crippen LogP contribution is -2.55. The summed E-state index contributed by atoms with van der Waals surface area (Å²) in [5, 5.41) is 9.18. The average molecular weight is 187 g/mol. The fraction of sp³-hybridized carbons (Fsp3) is 0.889. The molecule has 1 rings (SSSR count). The molecule has 1 fully saturated rings. The summed E-state index contributed by atoms with van der Waals surface area (Å²) >= 11 is 0. The van der Waals surface area contributed by atoms with Crippen LogP contribution in [0.15, 0.2) is 0 Å². The summed E-state index contributed by atoms with van der Waals surface area (Å²) in [5.41, 5.74) is 0. The minimum absolute atomic E-state index is 0.0610. The number of rotatable bonds is 1. The van der Waals surface area contributed by atoms with Gasteiger partial charge < -0.3 is 14.7 Å². The van der Waals surface area contributed by atoms with Gasteiger partial charge in [0.1, 0.15) is 6.10 Å². The van der Waals surface area contributed by atoms with Gasteiger partial charge in [-0.2, -0.15) is 0 Å². The highest BCUT2D eigenvalue weighted by atomic mass is 16.5. The number of carbonyl (C=O) groups excluding carboxylic acids is 1. The third kappa shape index (κ3) is 2.19. The van der Waals surface area contributed by atoms with E-state index in [9.17, 15) is 9.90 Å². The molecule has 1 amide bonds. The molecule has 1 N–H and O–H groups in total. The summed E-state index contributed by atoms with van der Waals surface area (Å²) in [7, 11) is 0. The Bertz CT molecular complexity index is 183. The van der Waals surface area contributed by atoms with Gasteiger partial charge in [-0.1, -0.05) is 0 Å². The van der Waals surface area contributed by atoms with Crippen LogP contribution in [0.1, 0.15) is 20.8 Å². The van der Waals surface area contributed by atoms with Crippen LogP contribution in [-0.2, 0) is 9.53 Å². The number of ether oxygens (including phenoxy) is 1. The number of aliphatic hydroxyl groups is 1. The molecule has 1 aliphatic rings. The summed E-state index contributed by atoms with van der Waals surface area (Å²) in [6, 6.07) is 0.122. The molecule has 2 unspecified atom stereocenters. The molecule has 0 aromatic heterocycles. The van der Waals surface area contributed by atoms with Crippen molar-refractivity contribution in [3.63, 3.8) is 0 Å². The van der Waals surface area contributed by atoms with Crippen molar-refractivity contribution < 1.29 is 14.6 Å². The molecule has 0 aromatic carbocycles. The monoisotopic (exact) mass is 187 g/mol. The van der Waals surface area contributed by atoms with E-state index in [1.165, 1.54) is 6.92 Å². The van der Waals surface area contributed by atoms with Crippen LogP contribution < -0.4 is 0 Å². The van der Waals surface area contributed by atoms with Gasteiger partial charge in [-0.3, -0.25) is 4.79 Å². The van der Waals surface area contributed by atoms with Crippen molar-refractivity contribution in [2.75, 3.05) is 13.2 Å². The summed E-state index contributed by atoms with van der Waals surface area (Å²) in [4.78, 5) is 13.2. The summed E-state index contributed by atoms with van der Waals surface area (Å²) < 4.78 is 5.28. The zero-order valence-corrected chi connectivity index (χ0v) is 8.36. The fourth-order valence-corrected chi connectivity index (χ4v) is 1.65. The van der Waals surface area contributed by atoms with Crippen molar-refractivity contribution in [2.45, 2.75) is 39.0 Å². The Morgan fingerprint density at radius 2 is 1.92 bits per heavy atom. The number of amides is 1. The smallest absolute Gasteiger partial charge is 0.251 e. The standard InChI is InChI=1S/C9H17NO3/c1-6-4-13-5-7(2)10(6)9(12)8(3)11/h6-8,11H,4-5H2,1-3H3/t6?,7?,8-/m1/s1. The van der Waals surface area contributed by atoms with Crippen LogP contribution in [-0.4, -0.2) is 47.3 Å². The zero-order valence-electron chi connectivity index (χ0n) is 8.36. The second kappa shape index (κ2) is 4.07. The molecule has 76 valence electrons. The highest BCUT2D eigenvalue weighted by Gasteiger charge is 2.31. The predicted molar refractivity (Wildman–Crippen MR) is 48.3 cm³/mol. The predicted octanol–water partition coefficient (Wildman–Crippen LogP) is 0.00300. The van der Waals surface area contributed by atoms with Gasteiger partial charge in [0.15, 0.2) is 0 Å². The van der Waals surface area contributed by atoms with Gasteiger partial charge in [0.2, 0.25) is 0 Å². The van der Waals surface area contributed by atoms with E-state index in [1.807, 2.05) is 13.8 Å². The molecule has 4 heteroatoms. The van der Waals surface area contributed by atoms with Crippen LogP contribution in [0.5, 0.6) is 0 Å². The molecule has 4 nitrogen and oxygen atoms in total. The number of carbonyl (C=O) groups is 1. The SMILES string of the molecule is CC1COCC(C)N1C(=O)[C@@H](C)O. The van der Waals surface area contributed by atoms with E-state index >= 15 is 0 Å². The Morgan fingerprint density at radius 1 is 1.46 bits per heavy atom. The highest BCUT2D eigenvalue weighted by molar-refractivity contribution is 5.80. The number of hydrogen-bond donors (Lipinski definition) is 1. The van der Waals surface area contributed by atoms with Crippen molar-refractivity contribution in [3.05, 3.63) is 0 Å². The van der Waals surface area contributed by atoms with E-state index in [1.54, 1.807) is 4.90 Å². The Kier molecular flexibility index (Phi) is 3.27. The van der Waals surface area contributed by atoms with E-state index in [4.69, 9.17) is 4.74 Å². The Hall–Kier alpha value is -0.610. The maximum Gasteiger partial charge on any atom is 0.251 e. The molecule has 1 heterocycles. The summed E-state index contributed by atoms with van der Waals surface area (Å²) in [5.74, 6) is -0.205. The number of nitrogens with zero attached hydrogens (tertiary/aromatic N) is 1. The van der Waals surface area contributed by atoms with E-state index in [0.29, 0.717) is 13.2 Å². The maximum atomic E-state index is 11.5. The van der Waals surface area contributed by atoms with Gasteiger partial charge in [-0.25, -0.2) is 0 Å². The molecule has 0 spiro atoms. The number of aliphatic hydroxyl groups excluding tert-OH is 1. The van der Waals surface area contributed by atoms with Crippen LogP contribution in [0.25, 0.3) is 0 Å². The molecule has 0 bridgehead atoms. The highest BCUT2D eigenvalue weighted by Crippen LogP contribution is 2.14. The Labute approximate surface area is 78.5 Å². The van der Waals surface area contributed by atoms with Crippen molar-refractivity contribution in [3.8, 4) is 0 Å². The molecular formula is C9H17NO3.